The third-order valence-electron chi connectivity index (χ3n) is 4.99. The van der Waals surface area contributed by atoms with E-state index in [0.717, 1.165) is 37.4 Å². The van der Waals surface area contributed by atoms with Crippen molar-refractivity contribution in [3.05, 3.63) is 24.2 Å². The zero-order chi connectivity index (χ0) is 18.0. The molecule has 8 heteroatoms. The molecule has 0 aliphatic carbocycles. The van der Waals surface area contributed by atoms with Crippen LogP contribution in [0.25, 0.3) is 0 Å². The number of hydrogen-bond acceptors (Lipinski definition) is 5. The minimum atomic E-state index is -1.27. The van der Waals surface area contributed by atoms with Crippen LogP contribution in [-0.2, 0) is 15.1 Å². The number of carbonyl (C=O) groups excluding carboxylic acids is 3. The first-order valence-corrected chi connectivity index (χ1v) is 8.64. The second-order valence-electron chi connectivity index (χ2n) is 6.70. The number of urea groups is 1. The summed E-state index contributed by atoms with van der Waals surface area (Å²) in [5.74, 6) is -0.453. The molecule has 2 N–H and O–H groups in total. The van der Waals surface area contributed by atoms with Crippen LogP contribution in [-0.4, -0.2) is 59.9 Å². The molecular weight excluding hydrogens is 324 g/mol. The molecule has 1 atom stereocenters. The third-order valence-corrected chi connectivity index (χ3v) is 4.99. The van der Waals surface area contributed by atoms with Crippen molar-refractivity contribution in [1.29, 1.82) is 0 Å². The van der Waals surface area contributed by atoms with Gasteiger partial charge in [0.1, 0.15) is 12.3 Å². The molecule has 3 rings (SSSR count). The highest BCUT2D eigenvalue weighted by Gasteiger charge is 2.51. The van der Waals surface area contributed by atoms with Crippen molar-refractivity contribution in [2.24, 2.45) is 0 Å². The Morgan fingerprint density at radius 3 is 2.72 bits per heavy atom. The van der Waals surface area contributed by atoms with Crippen LogP contribution in [0.2, 0.25) is 0 Å². The smallest absolute Gasteiger partial charge is 0.325 e. The Morgan fingerprint density at radius 2 is 2.12 bits per heavy atom. The van der Waals surface area contributed by atoms with Gasteiger partial charge in [0, 0.05) is 19.1 Å². The summed E-state index contributed by atoms with van der Waals surface area (Å²) >= 11 is 0. The van der Waals surface area contributed by atoms with Gasteiger partial charge in [-0.3, -0.25) is 14.5 Å². The minimum Gasteiger partial charge on any atom is -0.466 e. The normalized spacial score (nSPS) is 25.3. The van der Waals surface area contributed by atoms with Crippen LogP contribution < -0.4 is 10.6 Å². The minimum absolute atomic E-state index is 0.0903. The average Bonchev–Trinajstić information content (AvgIpc) is 3.20. The van der Waals surface area contributed by atoms with Crippen LogP contribution in [0.1, 0.15) is 32.4 Å². The van der Waals surface area contributed by atoms with E-state index in [1.807, 2.05) is 0 Å². The first kappa shape index (κ1) is 17.5. The fourth-order valence-corrected chi connectivity index (χ4v) is 3.38. The molecule has 0 saturated carbocycles. The van der Waals surface area contributed by atoms with Crippen LogP contribution in [0.15, 0.2) is 22.8 Å². The predicted molar refractivity (Wildman–Crippen MR) is 89.6 cm³/mol. The molecule has 1 unspecified atom stereocenters. The molecule has 0 bridgehead atoms. The summed E-state index contributed by atoms with van der Waals surface area (Å²) in [5, 5.41) is 5.54. The molecule has 0 aromatic carbocycles. The Hall–Kier alpha value is -2.35. The molecule has 136 valence electrons. The molecule has 1 aromatic heterocycles. The first-order chi connectivity index (χ1) is 11.9. The van der Waals surface area contributed by atoms with E-state index in [0.29, 0.717) is 5.76 Å². The molecule has 3 heterocycles. The van der Waals surface area contributed by atoms with Crippen LogP contribution in [0.3, 0.4) is 0 Å². The van der Waals surface area contributed by atoms with Crippen molar-refractivity contribution in [2.45, 2.75) is 38.3 Å². The lowest BCUT2D eigenvalue weighted by Gasteiger charge is -2.31. The van der Waals surface area contributed by atoms with E-state index < -0.39 is 17.5 Å². The Labute approximate surface area is 146 Å². The number of amides is 4. The van der Waals surface area contributed by atoms with Gasteiger partial charge in [-0.2, -0.15) is 0 Å². The van der Waals surface area contributed by atoms with Gasteiger partial charge in [0.2, 0.25) is 5.91 Å². The molecular formula is C17H24N4O4. The Bertz CT molecular complexity index is 652. The van der Waals surface area contributed by atoms with E-state index in [4.69, 9.17) is 4.42 Å². The van der Waals surface area contributed by atoms with Crippen molar-refractivity contribution < 1.29 is 18.8 Å². The zero-order valence-corrected chi connectivity index (χ0v) is 14.6. The topological polar surface area (TPSA) is 94.9 Å². The standard InChI is InChI=1S/C17H24N4O4/c1-3-20-8-6-12(7-9-20)18-14(22)11-21-15(23)17(2,19-16(21)24)13-5-4-10-25-13/h4-5,10,12H,3,6-9,11H2,1-2H3,(H,18,22)(H,19,24). The molecule has 0 radical (unpaired) electrons. The molecule has 2 fully saturated rings. The SMILES string of the molecule is CCN1CCC(NC(=O)CN2C(=O)NC(C)(c3ccco3)C2=O)CC1. The van der Waals surface area contributed by atoms with Gasteiger partial charge >= 0.3 is 6.03 Å². The number of nitrogens with zero attached hydrogens (tertiary/aromatic N) is 2. The first-order valence-electron chi connectivity index (χ1n) is 8.64. The summed E-state index contributed by atoms with van der Waals surface area (Å²) < 4.78 is 5.27. The van der Waals surface area contributed by atoms with Crippen molar-refractivity contribution >= 4 is 17.8 Å². The second-order valence-corrected chi connectivity index (χ2v) is 6.70. The zero-order valence-electron chi connectivity index (χ0n) is 14.6. The van der Waals surface area contributed by atoms with Gasteiger partial charge in [0.15, 0.2) is 5.54 Å². The van der Waals surface area contributed by atoms with Gasteiger partial charge in [-0.15, -0.1) is 0 Å². The van der Waals surface area contributed by atoms with Gasteiger partial charge < -0.3 is 20.0 Å². The van der Waals surface area contributed by atoms with E-state index in [2.05, 4.69) is 22.5 Å². The Kier molecular flexibility index (Phi) is 4.80. The van der Waals surface area contributed by atoms with E-state index >= 15 is 0 Å². The number of nitrogens with one attached hydrogen (secondary N) is 2. The van der Waals surface area contributed by atoms with E-state index in [9.17, 15) is 14.4 Å². The van der Waals surface area contributed by atoms with Crippen molar-refractivity contribution in [1.82, 2.24) is 20.4 Å². The lowest BCUT2D eigenvalue weighted by atomic mass is 9.99. The summed E-state index contributed by atoms with van der Waals surface area (Å²) in [4.78, 5) is 40.4. The van der Waals surface area contributed by atoms with Crippen molar-refractivity contribution in [3.8, 4) is 0 Å². The molecule has 2 saturated heterocycles. The molecule has 1 aromatic rings. The quantitative estimate of drug-likeness (QED) is 0.762. The van der Waals surface area contributed by atoms with E-state index in [-0.39, 0.29) is 18.5 Å². The fourth-order valence-electron chi connectivity index (χ4n) is 3.38. The third kappa shape index (κ3) is 3.39. The summed E-state index contributed by atoms with van der Waals surface area (Å²) in [6.07, 6.45) is 3.20. The number of imide groups is 1. The Balaban J connectivity index is 1.58. The van der Waals surface area contributed by atoms with Crippen molar-refractivity contribution in [2.75, 3.05) is 26.2 Å². The van der Waals surface area contributed by atoms with Crippen LogP contribution in [0.5, 0.6) is 0 Å². The number of furan rings is 1. The monoisotopic (exact) mass is 348 g/mol. The van der Waals surface area contributed by atoms with Gasteiger partial charge in [-0.1, -0.05) is 6.92 Å². The summed E-state index contributed by atoms with van der Waals surface area (Å²) in [5.41, 5.74) is -1.27. The lowest BCUT2D eigenvalue weighted by Crippen LogP contribution is -2.48. The molecule has 4 amide bonds. The summed E-state index contributed by atoms with van der Waals surface area (Å²) in [6, 6.07) is 2.79. The second kappa shape index (κ2) is 6.87. The molecule has 2 aliphatic rings. The molecule has 8 nitrogen and oxygen atoms in total. The summed E-state index contributed by atoms with van der Waals surface area (Å²) in [6.45, 7) is 6.31. The van der Waals surface area contributed by atoms with Crippen molar-refractivity contribution in [3.63, 3.8) is 0 Å². The number of hydrogen-bond donors (Lipinski definition) is 2. The van der Waals surface area contributed by atoms with Gasteiger partial charge in [-0.25, -0.2) is 4.79 Å². The number of likely N-dealkylation sites (tertiary alicyclic amines) is 1. The van der Waals surface area contributed by atoms with E-state index in [1.54, 1.807) is 19.1 Å². The molecule has 2 aliphatic heterocycles. The van der Waals surface area contributed by atoms with Gasteiger partial charge in [-0.05, 0) is 38.4 Å². The van der Waals surface area contributed by atoms with Gasteiger partial charge in [0.05, 0.1) is 6.26 Å². The number of rotatable bonds is 5. The largest absolute Gasteiger partial charge is 0.466 e. The molecule has 25 heavy (non-hydrogen) atoms. The van der Waals surface area contributed by atoms with E-state index in [1.165, 1.54) is 6.26 Å². The summed E-state index contributed by atoms with van der Waals surface area (Å²) in [7, 11) is 0. The number of carbonyl (C=O) groups is 3. The lowest BCUT2D eigenvalue weighted by molar-refractivity contribution is -0.135. The van der Waals surface area contributed by atoms with Gasteiger partial charge in [0.25, 0.3) is 5.91 Å². The van der Waals surface area contributed by atoms with Crippen LogP contribution in [0, 0.1) is 0 Å². The van der Waals surface area contributed by atoms with Crippen LogP contribution >= 0.6 is 0 Å². The highest BCUT2D eigenvalue weighted by Crippen LogP contribution is 2.28. The molecule has 0 spiro atoms. The predicted octanol–water partition coefficient (Wildman–Crippen LogP) is 0.647. The number of piperidine rings is 1. The highest BCUT2D eigenvalue weighted by molar-refractivity contribution is 6.08. The Morgan fingerprint density at radius 1 is 1.40 bits per heavy atom. The maximum Gasteiger partial charge on any atom is 0.325 e. The fraction of sp³-hybridized carbons (Fsp3) is 0.588. The highest BCUT2D eigenvalue weighted by atomic mass is 16.3. The average molecular weight is 348 g/mol. The van der Waals surface area contributed by atoms with Crippen LogP contribution in [0.4, 0.5) is 4.79 Å². The maximum absolute atomic E-state index is 12.6. The maximum atomic E-state index is 12.6.